The van der Waals surface area contributed by atoms with Gasteiger partial charge in [-0.2, -0.15) is 0 Å². The van der Waals surface area contributed by atoms with Crippen LogP contribution in [0.5, 0.6) is 0 Å². The van der Waals surface area contributed by atoms with Crippen LogP contribution in [0.4, 0.5) is 0 Å². The van der Waals surface area contributed by atoms with Gasteiger partial charge in [0.25, 0.3) is 5.91 Å². The number of nitrogens with one attached hydrogen (secondary N) is 1. The molecule has 3 heterocycles. The van der Waals surface area contributed by atoms with Crippen molar-refractivity contribution in [2.75, 3.05) is 19.6 Å². The fourth-order valence-electron chi connectivity index (χ4n) is 3.36. The molecular formula is C21H22N4OS. The summed E-state index contributed by atoms with van der Waals surface area (Å²) in [5.74, 6) is 0.0545. The van der Waals surface area contributed by atoms with Crippen LogP contribution in [0.3, 0.4) is 0 Å². The Kier molecular flexibility index (Phi) is 5.27. The van der Waals surface area contributed by atoms with Crippen LogP contribution in [0.2, 0.25) is 0 Å². The number of pyridine rings is 1. The predicted molar refractivity (Wildman–Crippen MR) is 108 cm³/mol. The lowest BCUT2D eigenvalue weighted by atomic mass is 10.0. The molecule has 0 radical (unpaired) electrons. The summed E-state index contributed by atoms with van der Waals surface area (Å²) in [6.45, 7) is 4.43. The van der Waals surface area contributed by atoms with E-state index in [1.54, 1.807) is 18.6 Å². The number of hydrogen-bond acceptors (Lipinski definition) is 5. The molecule has 1 fully saturated rings. The third-order valence-corrected chi connectivity index (χ3v) is 5.96. The van der Waals surface area contributed by atoms with Crippen molar-refractivity contribution in [3.63, 3.8) is 0 Å². The van der Waals surface area contributed by atoms with Crippen molar-refractivity contribution >= 4 is 17.2 Å². The van der Waals surface area contributed by atoms with Gasteiger partial charge < -0.3 is 10.2 Å². The Morgan fingerprint density at radius 1 is 1.22 bits per heavy atom. The standard InChI is InChI=1S/C21H22N4OS/c1-2-15-3-5-16(6-4-15)18-13-23-11-12-25(18)21(26)19-14-24-20(27-19)17-7-9-22-10-8-17/h3-10,14,18,23H,2,11-13H2,1H3. The molecule has 1 aliphatic heterocycles. The molecule has 0 bridgehead atoms. The molecule has 1 unspecified atom stereocenters. The first-order chi connectivity index (χ1) is 13.3. The van der Waals surface area contributed by atoms with Gasteiger partial charge in [-0.25, -0.2) is 4.98 Å². The molecule has 1 atom stereocenters. The maximum Gasteiger partial charge on any atom is 0.266 e. The third-order valence-electron chi connectivity index (χ3n) is 4.92. The van der Waals surface area contributed by atoms with Crippen LogP contribution < -0.4 is 5.32 Å². The Balaban J connectivity index is 1.58. The Labute approximate surface area is 163 Å². The molecule has 1 aromatic carbocycles. The molecule has 138 valence electrons. The SMILES string of the molecule is CCc1ccc(C2CNCCN2C(=O)c2cnc(-c3ccncc3)s2)cc1. The summed E-state index contributed by atoms with van der Waals surface area (Å²) in [6.07, 6.45) is 6.20. The second kappa shape index (κ2) is 7.98. The number of nitrogens with zero attached hydrogens (tertiary/aromatic N) is 3. The van der Waals surface area contributed by atoms with Gasteiger partial charge in [0.2, 0.25) is 0 Å². The monoisotopic (exact) mass is 378 g/mol. The summed E-state index contributed by atoms with van der Waals surface area (Å²) >= 11 is 1.44. The summed E-state index contributed by atoms with van der Waals surface area (Å²) in [5.41, 5.74) is 3.47. The minimum Gasteiger partial charge on any atom is -0.328 e. The van der Waals surface area contributed by atoms with E-state index >= 15 is 0 Å². The molecule has 27 heavy (non-hydrogen) atoms. The average molecular weight is 379 g/mol. The first kappa shape index (κ1) is 17.8. The van der Waals surface area contributed by atoms with Crippen molar-refractivity contribution < 1.29 is 4.79 Å². The van der Waals surface area contributed by atoms with Crippen LogP contribution in [0.25, 0.3) is 10.6 Å². The van der Waals surface area contributed by atoms with Gasteiger partial charge in [-0.1, -0.05) is 31.2 Å². The number of carbonyl (C=O) groups is 1. The molecule has 2 aromatic heterocycles. The van der Waals surface area contributed by atoms with Gasteiger partial charge in [0.05, 0.1) is 12.2 Å². The van der Waals surface area contributed by atoms with E-state index in [4.69, 9.17) is 0 Å². The first-order valence-corrected chi connectivity index (χ1v) is 10.0. The van der Waals surface area contributed by atoms with Gasteiger partial charge in [0.1, 0.15) is 9.88 Å². The summed E-state index contributed by atoms with van der Waals surface area (Å²) < 4.78 is 0. The number of piperazine rings is 1. The van der Waals surface area contributed by atoms with E-state index in [-0.39, 0.29) is 11.9 Å². The Bertz CT molecular complexity index is 907. The van der Waals surface area contributed by atoms with Gasteiger partial charge in [0, 0.05) is 37.6 Å². The summed E-state index contributed by atoms with van der Waals surface area (Å²) in [5, 5.41) is 4.26. The van der Waals surface area contributed by atoms with Crippen molar-refractivity contribution in [2.24, 2.45) is 0 Å². The van der Waals surface area contributed by atoms with Gasteiger partial charge in [0.15, 0.2) is 0 Å². The van der Waals surface area contributed by atoms with Gasteiger partial charge >= 0.3 is 0 Å². The molecule has 1 saturated heterocycles. The molecule has 0 spiro atoms. The molecule has 1 amide bonds. The van der Waals surface area contributed by atoms with Crippen molar-refractivity contribution in [3.8, 4) is 10.6 Å². The molecule has 6 heteroatoms. The van der Waals surface area contributed by atoms with Crippen molar-refractivity contribution in [2.45, 2.75) is 19.4 Å². The highest BCUT2D eigenvalue weighted by Crippen LogP contribution is 2.29. The number of amides is 1. The minimum atomic E-state index is 0.0450. The third kappa shape index (κ3) is 3.77. The Morgan fingerprint density at radius 2 is 2.00 bits per heavy atom. The van der Waals surface area contributed by atoms with Crippen molar-refractivity contribution in [1.82, 2.24) is 20.2 Å². The van der Waals surface area contributed by atoms with E-state index in [0.29, 0.717) is 11.4 Å². The Morgan fingerprint density at radius 3 is 2.74 bits per heavy atom. The van der Waals surface area contributed by atoms with Gasteiger partial charge in [-0.05, 0) is 29.7 Å². The van der Waals surface area contributed by atoms with Gasteiger partial charge in [-0.15, -0.1) is 11.3 Å². The maximum atomic E-state index is 13.2. The number of thiazole rings is 1. The lowest BCUT2D eigenvalue weighted by Gasteiger charge is -2.36. The van der Waals surface area contributed by atoms with Crippen LogP contribution in [0.1, 0.15) is 33.8 Å². The fraction of sp³-hybridized carbons (Fsp3) is 0.286. The van der Waals surface area contributed by atoms with Crippen LogP contribution in [-0.4, -0.2) is 40.4 Å². The predicted octanol–water partition coefficient (Wildman–Crippen LogP) is 3.55. The molecular weight excluding hydrogens is 356 g/mol. The molecule has 4 rings (SSSR count). The van der Waals surface area contributed by atoms with E-state index in [1.807, 2.05) is 17.0 Å². The van der Waals surface area contributed by atoms with E-state index in [0.717, 1.165) is 30.1 Å². The van der Waals surface area contributed by atoms with E-state index < -0.39 is 0 Å². The van der Waals surface area contributed by atoms with Gasteiger partial charge in [-0.3, -0.25) is 9.78 Å². The number of carbonyl (C=O) groups excluding carboxylic acids is 1. The number of aromatic nitrogens is 2. The Hall–Kier alpha value is -2.57. The maximum absolute atomic E-state index is 13.2. The van der Waals surface area contributed by atoms with Crippen LogP contribution in [0.15, 0.2) is 55.0 Å². The number of aryl methyl sites for hydroxylation is 1. The average Bonchev–Trinajstić information content (AvgIpc) is 3.24. The quantitative estimate of drug-likeness (QED) is 0.754. The number of hydrogen-bond donors (Lipinski definition) is 1. The highest BCUT2D eigenvalue weighted by molar-refractivity contribution is 7.16. The number of rotatable bonds is 4. The summed E-state index contributed by atoms with van der Waals surface area (Å²) in [4.78, 5) is 24.3. The smallest absolute Gasteiger partial charge is 0.266 e. The van der Waals surface area contributed by atoms with Crippen LogP contribution >= 0.6 is 11.3 Å². The normalized spacial score (nSPS) is 17.1. The molecule has 0 saturated carbocycles. The second-order valence-electron chi connectivity index (χ2n) is 6.58. The molecule has 0 aliphatic carbocycles. The lowest BCUT2D eigenvalue weighted by Crippen LogP contribution is -2.48. The zero-order valence-electron chi connectivity index (χ0n) is 15.3. The van der Waals surface area contributed by atoms with Crippen LogP contribution in [-0.2, 0) is 6.42 Å². The lowest BCUT2D eigenvalue weighted by molar-refractivity contribution is 0.0639. The summed E-state index contributed by atoms with van der Waals surface area (Å²) in [6, 6.07) is 12.5. The molecule has 3 aromatic rings. The first-order valence-electron chi connectivity index (χ1n) is 9.23. The van der Waals surface area contributed by atoms with Crippen molar-refractivity contribution in [1.29, 1.82) is 0 Å². The largest absolute Gasteiger partial charge is 0.328 e. The molecule has 1 aliphatic rings. The zero-order chi connectivity index (χ0) is 18.6. The minimum absolute atomic E-state index is 0.0450. The summed E-state index contributed by atoms with van der Waals surface area (Å²) in [7, 11) is 0. The van der Waals surface area contributed by atoms with Crippen molar-refractivity contribution in [3.05, 3.63) is 71.0 Å². The molecule has 5 nitrogen and oxygen atoms in total. The van der Waals surface area contributed by atoms with E-state index in [2.05, 4.69) is 46.5 Å². The van der Waals surface area contributed by atoms with E-state index in [9.17, 15) is 4.79 Å². The second-order valence-corrected chi connectivity index (χ2v) is 7.61. The molecule has 1 N–H and O–H groups in total. The zero-order valence-corrected chi connectivity index (χ0v) is 16.1. The number of benzene rings is 1. The highest BCUT2D eigenvalue weighted by Gasteiger charge is 2.29. The van der Waals surface area contributed by atoms with E-state index in [1.165, 1.54) is 22.5 Å². The fourth-order valence-corrected chi connectivity index (χ4v) is 4.24. The highest BCUT2D eigenvalue weighted by atomic mass is 32.1. The van der Waals surface area contributed by atoms with Crippen LogP contribution in [0, 0.1) is 0 Å². The topological polar surface area (TPSA) is 58.1 Å².